The smallest absolute Gasteiger partial charge is 0.264 e. The Bertz CT molecular complexity index is 1260. The van der Waals surface area contributed by atoms with Crippen LogP contribution in [-0.4, -0.2) is 35.8 Å². The minimum atomic E-state index is -3.79. The summed E-state index contributed by atoms with van der Waals surface area (Å²) in [4.78, 5) is 0.173. The number of anilines is 1. The molecule has 0 N–H and O–H groups in total. The van der Waals surface area contributed by atoms with E-state index in [1.165, 1.54) is 30.7 Å². The van der Waals surface area contributed by atoms with Crippen molar-refractivity contribution in [3.05, 3.63) is 66.2 Å². The fourth-order valence-electron chi connectivity index (χ4n) is 3.46. The van der Waals surface area contributed by atoms with Gasteiger partial charge in [-0.1, -0.05) is 12.1 Å². The molecule has 0 aliphatic carbocycles. The van der Waals surface area contributed by atoms with Crippen molar-refractivity contribution >= 4 is 15.7 Å². The molecule has 0 radical (unpaired) electrons. The zero-order valence-electron chi connectivity index (χ0n) is 17.0. The molecule has 0 amide bonds. The van der Waals surface area contributed by atoms with Gasteiger partial charge in [-0.25, -0.2) is 8.42 Å². The molecule has 1 heterocycles. The Morgan fingerprint density at radius 1 is 0.968 bits per heavy atom. The van der Waals surface area contributed by atoms with Crippen molar-refractivity contribution in [2.75, 3.05) is 31.7 Å². The Hall–Kier alpha value is -3.70. The molecule has 0 fully saturated rings. The standard InChI is InChI=1S/C23H20N2O5S/c1-28-19-6-8-20(9-7-19)31(26,27)25-11-12-30-22-10-5-16(13-21(22)25)17-3-4-18(15-24)23(14-17)29-2/h3-10,13-14H,11-12H2,1-2H3. The molecule has 0 saturated carbocycles. The number of hydrogen-bond acceptors (Lipinski definition) is 6. The lowest BCUT2D eigenvalue weighted by atomic mass is 10.0. The first-order valence-corrected chi connectivity index (χ1v) is 10.9. The number of methoxy groups -OCH3 is 2. The average Bonchev–Trinajstić information content (AvgIpc) is 2.82. The van der Waals surface area contributed by atoms with Crippen LogP contribution in [0.4, 0.5) is 5.69 Å². The van der Waals surface area contributed by atoms with Gasteiger partial charge in [0.05, 0.1) is 36.9 Å². The molecule has 0 saturated heterocycles. The number of fused-ring (bicyclic) bond motifs is 1. The van der Waals surface area contributed by atoms with Gasteiger partial charge >= 0.3 is 0 Å². The predicted molar refractivity (Wildman–Crippen MR) is 116 cm³/mol. The highest BCUT2D eigenvalue weighted by Gasteiger charge is 2.30. The van der Waals surface area contributed by atoms with Crippen molar-refractivity contribution in [3.63, 3.8) is 0 Å². The Balaban J connectivity index is 1.77. The highest BCUT2D eigenvalue weighted by molar-refractivity contribution is 7.92. The summed E-state index contributed by atoms with van der Waals surface area (Å²) in [5.41, 5.74) is 2.46. The van der Waals surface area contributed by atoms with E-state index in [1.54, 1.807) is 42.5 Å². The number of nitriles is 1. The van der Waals surface area contributed by atoms with Crippen LogP contribution in [0.15, 0.2) is 65.6 Å². The number of sulfonamides is 1. The van der Waals surface area contributed by atoms with Crippen molar-refractivity contribution < 1.29 is 22.6 Å². The Morgan fingerprint density at radius 3 is 2.35 bits per heavy atom. The van der Waals surface area contributed by atoms with Gasteiger partial charge in [-0.2, -0.15) is 5.26 Å². The van der Waals surface area contributed by atoms with Crippen LogP contribution < -0.4 is 18.5 Å². The molecule has 31 heavy (non-hydrogen) atoms. The SMILES string of the molecule is COc1ccc(S(=O)(=O)N2CCOc3ccc(-c4ccc(C#N)c(OC)c4)cc32)cc1. The fourth-order valence-corrected chi connectivity index (χ4v) is 4.91. The summed E-state index contributed by atoms with van der Waals surface area (Å²) >= 11 is 0. The van der Waals surface area contributed by atoms with E-state index in [2.05, 4.69) is 6.07 Å². The maximum absolute atomic E-state index is 13.4. The highest BCUT2D eigenvalue weighted by atomic mass is 32.2. The fraction of sp³-hybridized carbons (Fsp3) is 0.174. The van der Waals surface area contributed by atoms with E-state index >= 15 is 0 Å². The molecule has 3 aromatic carbocycles. The third-order valence-electron chi connectivity index (χ3n) is 5.08. The molecule has 0 unspecified atom stereocenters. The average molecular weight is 436 g/mol. The van der Waals surface area contributed by atoms with E-state index in [9.17, 15) is 13.7 Å². The number of ether oxygens (including phenoxy) is 3. The number of hydrogen-bond donors (Lipinski definition) is 0. The van der Waals surface area contributed by atoms with Crippen LogP contribution in [0.2, 0.25) is 0 Å². The molecular weight excluding hydrogens is 416 g/mol. The van der Waals surface area contributed by atoms with E-state index in [0.29, 0.717) is 28.5 Å². The lowest BCUT2D eigenvalue weighted by molar-refractivity contribution is 0.316. The van der Waals surface area contributed by atoms with Crippen LogP contribution in [0.1, 0.15) is 5.56 Å². The van der Waals surface area contributed by atoms with Gasteiger partial charge in [0, 0.05) is 0 Å². The number of rotatable bonds is 5. The van der Waals surface area contributed by atoms with Crippen molar-refractivity contribution in [1.29, 1.82) is 5.26 Å². The van der Waals surface area contributed by atoms with Gasteiger partial charge in [-0.05, 0) is 59.7 Å². The van der Waals surface area contributed by atoms with Crippen molar-refractivity contribution in [2.45, 2.75) is 4.90 Å². The Kier molecular flexibility index (Phi) is 5.44. The van der Waals surface area contributed by atoms with Gasteiger partial charge in [0.15, 0.2) is 0 Å². The number of benzene rings is 3. The van der Waals surface area contributed by atoms with Crippen LogP contribution in [0.5, 0.6) is 17.2 Å². The van der Waals surface area contributed by atoms with Gasteiger partial charge < -0.3 is 14.2 Å². The van der Waals surface area contributed by atoms with E-state index < -0.39 is 10.0 Å². The summed E-state index contributed by atoms with van der Waals surface area (Å²) in [6, 6.07) is 19.0. The molecule has 158 valence electrons. The predicted octanol–water partition coefficient (Wildman–Crippen LogP) is 3.83. The van der Waals surface area contributed by atoms with E-state index in [0.717, 1.165) is 11.1 Å². The second-order valence-electron chi connectivity index (χ2n) is 6.81. The molecule has 7 nitrogen and oxygen atoms in total. The van der Waals surface area contributed by atoms with Crippen LogP contribution in [0.25, 0.3) is 11.1 Å². The molecule has 0 atom stereocenters. The molecule has 0 bridgehead atoms. The topological polar surface area (TPSA) is 88.9 Å². The molecule has 1 aliphatic rings. The third-order valence-corrected chi connectivity index (χ3v) is 6.91. The first-order chi connectivity index (χ1) is 15.0. The summed E-state index contributed by atoms with van der Waals surface area (Å²) in [5, 5.41) is 9.21. The Morgan fingerprint density at radius 2 is 1.68 bits per heavy atom. The molecule has 0 spiro atoms. The number of nitrogens with zero attached hydrogens (tertiary/aromatic N) is 2. The highest BCUT2D eigenvalue weighted by Crippen LogP contribution is 2.39. The minimum Gasteiger partial charge on any atom is -0.497 e. The van der Waals surface area contributed by atoms with Crippen molar-refractivity contribution in [3.8, 4) is 34.4 Å². The van der Waals surface area contributed by atoms with Gasteiger partial charge in [-0.3, -0.25) is 4.31 Å². The van der Waals surface area contributed by atoms with Gasteiger partial charge in [-0.15, -0.1) is 0 Å². The van der Waals surface area contributed by atoms with Crippen LogP contribution in [0.3, 0.4) is 0 Å². The van der Waals surface area contributed by atoms with E-state index in [-0.39, 0.29) is 18.0 Å². The summed E-state index contributed by atoms with van der Waals surface area (Å²) in [5.74, 6) is 1.53. The normalized spacial score (nSPS) is 13.0. The molecule has 4 rings (SSSR count). The quantitative estimate of drug-likeness (QED) is 0.604. The van der Waals surface area contributed by atoms with Crippen molar-refractivity contribution in [2.24, 2.45) is 0 Å². The maximum Gasteiger partial charge on any atom is 0.264 e. The second-order valence-corrected chi connectivity index (χ2v) is 8.67. The Labute approximate surface area is 181 Å². The lowest BCUT2D eigenvalue weighted by Crippen LogP contribution is -2.37. The van der Waals surface area contributed by atoms with Gasteiger partial charge in [0.2, 0.25) is 0 Å². The second kappa shape index (κ2) is 8.20. The first kappa shape index (κ1) is 20.6. The molecule has 1 aliphatic heterocycles. The first-order valence-electron chi connectivity index (χ1n) is 9.50. The van der Waals surface area contributed by atoms with Crippen LogP contribution in [-0.2, 0) is 10.0 Å². The third kappa shape index (κ3) is 3.76. The zero-order chi connectivity index (χ0) is 22.0. The minimum absolute atomic E-state index is 0.173. The largest absolute Gasteiger partial charge is 0.497 e. The summed E-state index contributed by atoms with van der Waals surface area (Å²) in [6.07, 6.45) is 0. The van der Waals surface area contributed by atoms with Crippen LogP contribution >= 0.6 is 0 Å². The zero-order valence-corrected chi connectivity index (χ0v) is 17.8. The van der Waals surface area contributed by atoms with Gasteiger partial charge in [0.25, 0.3) is 10.0 Å². The van der Waals surface area contributed by atoms with Gasteiger partial charge in [0.1, 0.15) is 29.9 Å². The lowest BCUT2D eigenvalue weighted by Gasteiger charge is -2.31. The summed E-state index contributed by atoms with van der Waals surface area (Å²) in [7, 11) is -0.760. The van der Waals surface area contributed by atoms with E-state index in [4.69, 9.17) is 14.2 Å². The van der Waals surface area contributed by atoms with Crippen molar-refractivity contribution in [1.82, 2.24) is 0 Å². The molecule has 0 aromatic heterocycles. The molecule has 3 aromatic rings. The van der Waals surface area contributed by atoms with Crippen LogP contribution in [0, 0.1) is 11.3 Å². The molecular formula is C23H20N2O5S. The molecule has 8 heteroatoms. The van der Waals surface area contributed by atoms with E-state index in [1.807, 2.05) is 6.07 Å². The monoisotopic (exact) mass is 436 g/mol. The summed E-state index contributed by atoms with van der Waals surface area (Å²) < 4.78 is 44.2. The maximum atomic E-state index is 13.4. The summed E-state index contributed by atoms with van der Waals surface area (Å²) in [6.45, 7) is 0.452.